The highest BCUT2D eigenvalue weighted by Gasteiger charge is 2.66. The predicted molar refractivity (Wildman–Crippen MR) is 239 cm³/mol. The van der Waals surface area contributed by atoms with Gasteiger partial charge in [-0.15, -0.1) is 0 Å². The minimum Gasteiger partial charge on any atom is -0.460 e. The number of nitrogens with zero attached hydrogens (tertiary/aromatic N) is 1. The third kappa shape index (κ3) is 8.47. The van der Waals surface area contributed by atoms with Crippen LogP contribution in [0.25, 0.3) is 0 Å². The molecule has 0 spiro atoms. The maximum absolute atomic E-state index is 14.8. The highest BCUT2D eigenvalue weighted by atomic mass is 32.2. The molecule has 8 heteroatoms. The Hall–Kier alpha value is -2.29. The third-order valence-corrected chi connectivity index (χ3v) is 19.7. The van der Waals surface area contributed by atoms with Gasteiger partial charge in [0.15, 0.2) is 9.84 Å². The van der Waals surface area contributed by atoms with Crippen molar-refractivity contribution in [2.24, 2.45) is 51.2 Å². The summed E-state index contributed by atoms with van der Waals surface area (Å²) in [5.74, 6) is 3.25. The standard InChI is InChI=1S/C51H77FN2O4S/c1-8-9-15-43(39-18-23-50(36-52,24-19-39)46(55)58-35-38-13-11-10-12-14-38)47(4,5)40-20-22-48(6)41(34-40)16-17-44-45-42(37(2)3)21-25-51(45,27-26-49(44,48)7)53-28-29-54-30-32-59(56,57)33-31-54/h10-15,18,40-42,44-45,53H,2,8-9,16-17,19-36H2,1,3-7H3/b43-15-/t40-,41-,42+,44-,45-,48-,49-,50-,51+/m1/s1. The maximum atomic E-state index is 14.8. The van der Waals surface area contributed by atoms with Gasteiger partial charge in [-0.2, -0.15) is 0 Å². The molecule has 0 bridgehead atoms. The number of carbonyl (C=O) groups is 1. The van der Waals surface area contributed by atoms with Crippen LogP contribution >= 0.6 is 0 Å². The van der Waals surface area contributed by atoms with E-state index in [1.54, 1.807) is 0 Å². The lowest BCUT2D eigenvalue weighted by molar-refractivity contribution is -0.176. The SMILES string of the molecule is C=C(C)[C@@H]1CC[C@]2(NCCN3CCS(=O)(=O)CC3)CC[C@]3(C)[C@H](CC[C@@H]4C[C@H](C(C)(C)/C(=C\CCC)C5=CC[C@@](CF)(C(=O)OCc6ccccc6)CC5)CC[C@]43C)[C@@H]12. The van der Waals surface area contributed by atoms with E-state index >= 15 is 0 Å². The van der Waals surface area contributed by atoms with Gasteiger partial charge in [0.1, 0.15) is 13.3 Å². The predicted octanol–water partition coefficient (Wildman–Crippen LogP) is 10.8. The number of benzene rings is 1. The summed E-state index contributed by atoms with van der Waals surface area (Å²) in [4.78, 5) is 15.8. The summed E-state index contributed by atoms with van der Waals surface area (Å²) in [5.41, 5.74) is 4.62. The van der Waals surface area contributed by atoms with Crippen LogP contribution in [0.4, 0.5) is 4.39 Å². The number of halogens is 1. The van der Waals surface area contributed by atoms with Crippen molar-refractivity contribution < 1.29 is 22.3 Å². The normalized spacial score (nSPS) is 37.4. The van der Waals surface area contributed by atoms with E-state index in [0.29, 0.717) is 73.4 Å². The second-order valence-corrected chi connectivity index (χ2v) is 23.6. The van der Waals surface area contributed by atoms with Crippen LogP contribution < -0.4 is 5.32 Å². The minimum atomic E-state index is -2.87. The number of esters is 1. The molecule has 4 saturated carbocycles. The van der Waals surface area contributed by atoms with Gasteiger partial charge in [0.2, 0.25) is 0 Å². The Morgan fingerprint density at radius 1 is 1.02 bits per heavy atom. The van der Waals surface area contributed by atoms with E-state index in [2.05, 4.69) is 70.5 Å². The van der Waals surface area contributed by atoms with E-state index in [0.717, 1.165) is 31.5 Å². The van der Waals surface area contributed by atoms with Crippen molar-refractivity contribution in [3.05, 3.63) is 71.3 Å². The zero-order valence-electron chi connectivity index (χ0n) is 37.6. The largest absolute Gasteiger partial charge is 0.460 e. The molecular weight excluding hydrogens is 756 g/mol. The first-order valence-electron chi connectivity index (χ1n) is 23.5. The van der Waals surface area contributed by atoms with Crippen molar-refractivity contribution in [2.75, 3.05) is 44.4 Å². The number of alkyl halides is 1. The smallest absolute Gasteiger partial charge is 0.315 e. The molecule has 1 aromatic carbocycles. The molecule has 1 saturated heterocycles. The molecule has 0 aromatic heterocycles. The van der Waals surface area contributed by atoms with Crippen LogP contribution in [0.5, 0.6) is 0 Å². The number of unbranched alkanes of at least 4 members (excludes halogenated alkanes) is 1. The number of carbonyl (C=O) groups excluding carboxylic acids is 1. The zero-order chi connectivity index (χ0) is 42.3. The molecule has 328 valence electrons. The lowest BCUT2D eigenvalue weighted by Crippen LogP contribution is -2.65. The van der Waals surface area contributed by atoms with Crippen molar-refractivity contribution in [3.8, 4) is 0 Å². The molecule has 7 rings (SSSR count). The van der Waals surface area contributed by atoms with Gasteiger partial charge in [-0.1, -0.05) is 95.7 Å². The molecule has 1 heterocycles. The highest BCUT2D eigenvalue weighted by molar-refractivity contribution is 7.91. The number of rotatable bonds is 14. The monoisotopic (exact) mass is 833 g/mol. The first kappa shape index (κ1) is 44.8. The molecule has 5 fully saturated rings. The molecule has 5 aliphatic carbocycles. The fraction of sp³-hybridized carbons (Fsp3) is 0.745. The van der Waals surface area contributed by atoms with E-state index in [9.17, 15) is 17.6 Å². The van der Waals surface area contributed by atoms with Gasteiger partial charge < -0.3 is 15.0 Å². The average molecular weight is 833 g/mol. The minimum absolute atomic E-state index is 0.0235. The van der Waals surface area contributed by atoms with E-state index in [1.165, 1.54) is 74.5 Å². The highest BCUT2D eigenvalue weighted by Crippen LogP contribution is 2.72. The van der Waals surface area contributed by atoms with Gasteiger partial charge in [-0.05, 0) is 153 Å². The molecule has 6 nitrogen and oxygen atoms in total. The number of hydrogen-bond donors (Lipinski definition) is 1. The van der Waals surface area contributed by atoms with Crippen molar-refractivity contribution >= 4 is 15.8 Å². The first-order valence-corrected chi connectivity index (χ1v) is 25.4. The van der Waals surface area contributed by atoms with Crippen molar-refractivity contribution in [2.45, 2.75) is 144 Å². The zero-order valence-corrected chi connectivity index (χ0v) is 38.4. The summed E-state index contributed by atoms with van der Waals surface area (Å²) in [5, 5.41) is 4.21. The molecule has 9 atom stereocenters. The lowest BCUT2D eigenvalue weighted by atomic mass is 9.38. The molecule has 1 N–H and O–H groups in total. The van der Waals surface area contributed by atoms with Crippen LogP contribution in [0.2, 0.25) is 0 Å². The Morgan fingerprint density at radius 2 is 1.76 bits per heavy atom. The fourth-order valence-corrected chi connectivity index (χ4v) is 15.3. The average Bonchev–Trinajstić information content (AvgIpc) is 3.61. The number of fused-ring (bicyclic) bond motifs is 5. The molecular formula is C51H77FN2O4S. The Labute approximate surface area is 357 Å². The molecule has 1 aromatic rings. The van der Waals surface area contributed by atoms with Crippen LogP contribution in [0, 0.1) is 51.2 Å². The van der Waals surface area contributed by atoms with E-state index in [4.69, 9.17) is 4.74 Å². The number of sulfone groups is 1. The van der Waals surface area contributed by atoms with Crippen molar-refractivity contribution in [3.63, 3.8) is 0 Å². The van der Waals surface area contributed by atoms with Gasteiger partial charge >= 0.3 is 5.97 Å². The second kappa shape index (κ2) is 17.5. The van der Waals surface area contributed by atoms with Crippen molar-refractivity contribution in [1.29, 1.82) is 0 Å². The van der Waals surface area contributed by atoms with Crippen LogP contribution in [-0.2, 0) is 26.0 Å². The van der Waals surface area contributed by atoms with Gasteiger partial charge in [-0.3, -0.25) is 4.79 Å². The van der Waals surface area contributed by atoms with Gasteiger partial charge in [0.05, 0.1) is 16.9 Å². The van der Waals surface area contributed by atoms with Crippen LogP contribution in [0.1, 0.15) is 137 Å². The maximum Gasteiger partial charge on any atom is 0.315 e. The second-order valence-electron chi connectivity index (χ2n) is 21.3. The summed E-state index contributed by atoms with van der Waals surface area (Å²) in [6.45, 7) is 22.1. The molecule has 0 unspecified atom stereocenters. The molecule has 6 aliphatic rings. The van der Waals surface area contributed by atoms with Crippen LogP contribution in [0.15, 0.2) is 65.8 Å². The fourth-order valence-electron chi connectivity index (χ4n) is 14.0. The van der Waals surface area contributed by atoms with Gasteiger partial charge in [-0.25, -0.2) is 12.8 Å². The van der Waals surface area contributed by atoms with Gasteiger partial charge in [0.25, 0.3) is 0 Å². The van der Waals surface area contributed by atoms with E-state index in [-0.39, 0.29) is 28.4 Å². The Morgan fingerprint density at radius 3 is 2.42 bits per heavy atom. The summed E-state index contributed by atoms with van der Waals surface area (Å²) >= 11 is 0. The summed E-state index contributed by atoms with van der Waals surface area (Å²) in [7, 11) is -2.87. The van der Waals surface area contributed by atoms with Crippen LogP contribution in [-0.4, -0.2) is 69.2 Å². The summed E-state index contributed by atoms with van der Waals surface area (Å²) in [6.07, 6.45) is 19.7. The Balaban J connectivity index is 1.05. The molecule has 59 heavy (non-hydrogen) atoms. The molecule has 0 amide bonds. The Bertz CT molecular complexity index is 1840. The first-order chi connectivity index (χ1) is 28.0. The van der Waals surface area contributed by atoms with Crippen molar-refractivity contribution in [1.82, 2.24) is 10.2 Å². The quantitative estimate of drug-likeness (QED) is 0.149. The third-order valence-electron chi connectivity index (χ3n) is 18.1. The van der Waals surface area contributed by atoms with E-state index < -0.39 is 27.9 Å². The number of nitrogens with one attached hydrogen (secondary N) is 1. The van der Waals surface area contributed by atoms with Gasteiger partial charge in [0, 0.05) is 31.7 Å². The topological polar surface area (TPSA) is 75.7 Å². The number of allylic oxidation sites excluding steroid dienone is 5. The number of ether oxygens (including phenoxy) is 1. The van der Waals surface area contributed by atoms with Crippen LogP contribution in [0.3, 0.4) is 0 Å². The molecule has 1 aliphatic heterocycles. The summed E-state index contributed by atoms with van der Waals surface area (Å²) < 4.78 is 44.7. The Kier molecular flexibility index (Phi) is 13.2. The van der Waals surface area contributed by atoms with E-state index in [1.807, 2.05) is 30.3 Å². The lowest BCUT2D eigenvalue weighted by Gasteiger charge is -2.68. The summed E-state index contributed by atoms with van der Waals surface area (Å²) in [6, 6.07) is 9.68. The number of hydrogen-bond acceptors (Lipinski definition) is 6. The molecule has 0 radical (unpaired) electrons.